The van der Waals surface area contributed by atoms with E-state index in [0.29, 0.717) is 18.0 Å². The highest BCUT2D eigenvalue weighted by Gasteiger charge is 2.28. The molecular formula is C21H20F2N4O2S2. The summed E-state index contributed by atoms with van der Waals surface area (Å²) < 4.78 is 26.4. The molecule has 2 amide bonds. The predicted octanol–water partition coefficient (Wildman–Crippen LogP) is 4.77. The molecule has 0 unspecified atom stereocenters. The minimum absolute atomic E-state index is 0.0206. The van der Waals surface area contributed by atoms with Crippen molar-refractivity contribution >= 4 is 40.2 Å². The summed E-state index contributed by atoms with van der Waals surface area (Å²) in [6.07, 6.45) is 1.53. The largest absolute Gasteiger partial charge is 0.338 e. The fraction of sp³-hybridized carbons (Fsp3) is 0.333. The highest BCUT2D eigenvalue weighted by molar-refractivity contribution is 7.13. The zero-order valence-electron chi connectivity index (χ0n) is 16.9. The van der Waals surface area contributed by atoms with Gasteiger partial charge in [-0.25, -0.2) is 18.7 Å². The molecule has 1 aromatic carbocycles. The number of likely N-dealkylation sites (tertiary alicyclic amines) is 1. The van der Waals surface area contributed by atoms with Crippen molar-refractivity contribution in [3.63, 3.8) is 0 Å². The molecule has 1 N–H and O–H groups in total. The van der Waals surface area contributed by atoms with E-state index in [4.69, 9.17) is 0 Å². The Morgan fingerprint density at radius 2 is 1.87 bits per heavy atom. The molecule has 1 fully saturated rings. The third-order valence-electron chi connectivity index (χ3n) is 5.16. The van der Waals surface area contributed by atoms with Gasteiger partial charge in [0.25, 0.3) is 11.8 Å². The Hall–Kier alpha value is -2.72. The van der Waals surface area contributed by atoms with Crippen LogP contribution in [-0.2, 0) is 0 Å². The summed E-state index contributed by atoms with van der Waals surface area (Å²) in [5.74, 6) is -2.28. The van der Waals surface area contributed by atoms with Crippen molar-refractivity contribution in [3.8, 4) is 0 Å². The van der Waals surface area contributed by atoms with Gasteiger partial charge in [0.1, 0.15) is 10.6 Å². The summed E-state index contributed by atoms with van der Waals surface area (Å²) in [4.78, 5) is 36.5. The number of halogens is 2. The van der Waals surface area contributed by atoms with Gasteiger partial charge >= 0.3 is 0 Å². The molecule has 2 aromatic heterocycles. The molecule has 162 valence electrons. The number of piperidine rings is 1. The maximum atomic E-state index is 13.3. The van der Waals surface area contributed by atoms with Crippen LogP contribution in [0.4, 0.5) is 14.5 Å². The number of thiazole rings is 2. The lowest BCUT2D eigenvalue weighted by Crippen LogP contribution is -2.37. The molecule has 3 heterocycles. The molecule has 0 saturated carbocycles. The van der Waals surface area contributed by atoms with E-state index in [-0.39, 0.29) is 23.2 Å². The second-order valence-corrected chi connectivity index (χ2v) is 9.46. The third kappa shape index (κ3) is 4.64. The number of aryl methyl sites for hydroxylation is 2. The summed E-state index contributed by atoms with van der Waals surface area (Å²) in [7, 11) is 0. The van der Waals surface area contributed by atoms with E-state index in [1.54, 1.807) is 5.38 Å². The van der Waals surface area contributed by atoms with Crippen LogP contribution in [-0.4, -0.2) is 39.8 Å². The quantitative estimate of drug-likeness (QED) is 0.606. The van der Waals surface area contributed by atoms with Gasteiger partial charge in [-0.15, -0.1) is 22.7 Å². The molecule has 3 aromatic rings. The van der Waals surface area contributed by atoms with Gasteiger partial charge < -0.3 is 10.2 Å². The summed E-state index contributed by atoms with van der Waals surface area (Å²) in [6.45, 7) is 4.99. The number of nitrogens with zero attached hydrogens (tertiary/aromatic N) is 3. The second kappa shape index (κ2) is 8.80. The van der Waals surface area contributed by atoms with Crippen LogP contribution in [0, 0.1) is 25.5 Å². The molecule has 1 aliphatic heterocycles. The Kier molecular flexibility index (Phi) is 6.10. The lowest BCUT2D eigenvalue weighted by molar-refractivity contribution is 0.0717. The van der Waals surface area contributed by atoms with Crippen molar-refractivity contribution in [1.29, 1.82) is 0 Å². The van der Waals surface area contributed by atoms with Crippen LogP contribution in [0.1, 0.15) is 54.6 Å². The van der Waals surface area contributed by atoms with Crippen LogP contribution in [0.5, 0.6) is 0 Å². The Morgan fingerprint density at radius 1 is 1.13 bits per heavy atom. The van der Waals surface area contributed by atoms with E-state index < -0.39 is 17.5 Å². The van der Waals surface area contributed by atoms with Crippen LogP contribution in [0.2, 0.25) is 0 Å². The lowest BCUT2D eigenvalue weighted by atomic mass is 9.97. The van der Waals surface area contributed by atoms with Crippen molar-refractivity contribution < 1.29 is 18.4 Å². The average Bonchev–Trinajstić information content (AvgIpc) is 3.37. The Labute approximate surface area is 186 Å². The Bertz CT molecular complexity index is 1140. The minimum atomic E-state index is -1.03. The first kappa shape index (κ1) is 21.5. The van der Waals surface area contributed by atoms with Crippen LogP contribution in [0.25, 0.3) is 0 Å². The first-order chi connectivity index (χ1) is 14.8. The molecule has 0 aliphatic carbocycles. The smallest absolute Gasteiger partial charge is 0.275 e. The van der Waals surface area contributed by atoms with Gasteiger partial charge in [0.15, 0.2) is 11.6 Å². The molecule has 0 radical (unpaired) electrons. The topological polar surface area (TPSA) is 75.2 Å². The normalized spacial score (nSPS) is 14.6. The molecule has 0 bridgehead atoms. The van der Waals surface area contributed by atoms with Crippen LogP contribution >= 0.6 is 22.7 Å². The van der Waals surface area contributed by atoms with Crippen molar-refractivity contribution in [2.24, 2.45) is 0 Å². The molecule has 1 saturated heterocycles. The molecule has 4 rings (SSSR count). The number of nitrogens with one attached hydrogen (secondary N) is 1. The van der Waals surface area contributed by atoms with Crippen LogP contribution < -0.4 is 5.32 Å². The summed E-state index contributed by atoms with van der Waals surface area (Å²) in [5.41, 5.74) is 1.17. The number of carbonyl (C=O) groups is 2. The van der Waals surface area contributed by atoms with Gasteiger partial charge in [-0.2, -0.15) is 0 Å². The van der Waals surface area contributed by atoms with Crippen molar-refractivity contribution in [1.82, 2.24) is 14.9 Å². The van der Waals surface area contributed by atoms with E-state index in [2.05, 4.69) is 15.3 Å². The molecule has 10 heteroatoms. The number of aromatic nitrogens is 2. The number of rotatable bonds is 4. The third-order valence-corrected chi connectivity index (χ3v) is 7.23. The Balaban J connectivity index is 1.36. The molecule has 0 spiro atoms. The zero-order chi connectivity index (χ0) is 22.1. The fourth-order valence-electron chi connectivity index (χ4n) is 3.55. The zero-order valence-corrected chi connectivity index (χ0v) is 18.6. The number of amides is 2. The summed E-state index contributed by atoms with van der Waals surface area (Å²) in [6, 6.07) is 3.18. The van der Waals surface area contributed by atoms with Crippen LogP contribution in [0.3, 0.4) is 0 Å². The summed E-state index contributed by atoms with van der Waals surface area (Å²) in [5, 5.41) is 5.91. The lowest BCUT2D eigenvalue weighted by Gasteiger charge is -2.30. The van der Waals surface area contributed by atoms with Crippen molar-refractivity contribution in [2.75, 3.05) is 18.4 Å². The number of anilines is 1. The minimum Gasteiger partial charge on any atom is -0.338 e. The maximum absolute atomic E-state index is 13.3. The summed E-state index contributed by atoms with van der Waals surface area (Å²) >= 11 is 2.82. The monoisotopic (exact) mass is 462 g/mol. The highest BCUT2D eigenvalue weighted by atomic mass is 32.1. The molecule has 0 atom stereocenters. The number of hydrogen-bond donors (Lipinski definition) is 1. The Morgan fingerprint density at radius 3 is 2.52 bits per heavy atom. The van der Waals surface area contributed by atoms with Crippen molar-refractivity contribution in [3.05, 3.63) is 61.5 Å². The van der Waals surface area contributed by atoms with Gasteiger partial charge in [0.2, 0.25) is 0 Å². The van der Waals surface area contributed by atoms with Crippen LogP contribution in [0.15, 0.2) is 23.6 Å². The molecule has 31 heavy (non-hydrogen) atoms. The maximum Gasteiger partial charge on any atom is 0.275 e. The van der Waals surface area contributed by atoms with Gasteiger partial charge in [-0.3, -0.25) is 9.59 Å². The fourth-order valence-corrected chi connectivity index (χ4v) is 5.41. The molecular weight excluding hydrogens is 442 g/mol. The highest BCUT2D eigenvalue weighted by Crippen LogP contribution is 2.32. The SMILES string of the molecule is Cc1nc(C)c(C(=O)N2CCC(c3nc(C(=O)Nc4ccc(F)c(F)c4)cs3)CC2)s1. The van der Waals surface area contributed by atoms with Crippen molar-refractivity contribution in [2.45, 2.75) is 32.6 Å². The van der Waals surface area contributed by atoms with Gasteiger partial charge in [0.05, 0.1) is 15.7 Å². The first-order valence-electron chi connectivity index (χ1n) is 9.77. The number of hydrogen-bond acceptors (Lipinski definition) is 6. The first-order valence-corrected chi connectivity index (χ1v) is 11.5. The second-order valence-electron chi connectivity index (χ2n) is 7.37. The number of carbonyl (C=O) groups excluding carboxylic acids is 2. The van der Waals surface area contributed by atoms with Gasteiger partial charge in [-0.1, -0.05) is 0 Å². The van der Waals surface area contributed by atoms with E-state index in [9.17, 15) is 18.4 Å². The predicted molar refractivity (Wildman–Crippen MR) is 116 cm³/mol. The van der Waals surface area contributed by atoms with E-state index in [0.717, 1.165) is 40.7 Å². The average molecular weight is 463 g/mol. The van der Waals surface area contributed by atoms with E-state index in [1.807, 2.05) is 18.7 Å². The molecule has 1 aliphatic rings. The standard InChI is InChI=1S/C21H20F2N4O2S2/c1-11-18(31-12(2)24-11)21(29)27-7-5-13(6-8-27)20-26-17(10-30-20)19(28)25-14-3-4-15(22)16(23)9-14/h3-4,9-10,13H,5-8H2,1-2H3,(H,25,28). The van der Waals surface area contributed by atoms with Gasteiger partial charge in [-0.05, 0) is 38.8 Å². The van der Waals surface area contributed by atoms with E-state index >= 15 is 0 Å². The van der Waals surface area contributed by atoms with Gasteiger partial charge in [0, 0.05) is 36.1 Å². The van der Waals surface area contributed by atoms with E-state index in [1.165, 1.54) is 28.7 Å². The molecule has 6 nitrogen and oxygen atoms in total. The number of benzene rings is 1.